The van der Waals surface area contributed by atoms with E-state index in [1.807, 2.05) is 0 Å². The molecule has 0 aliphatic carbocycles. The third-order valence-corrected chi connectivity index (χ3v) is 1.21. The highest BCUT2D eigenvalue weighted by molar-refractivity contribution is 5.27. The van der Waals surface area contributed by atoms with Gasteiger partial charge in [0, 0.05) is 6.20 Å². The SMILES string of the molecule is N#Cc1cnc(C(F)F)c(F)c1. The first-order valence-corrected chi connectivity index (χ1v) is 2.99. The second kappa shape index (κ2) is 3.22. The molecule has 0 fully saturated rings. The van der Waals surface area contributed by atoms with E-state index in [2.05, 4.69) is 4.98 Å². The maximum atomic E-state index is 12.6. The van der Waals surface area contributed by atoms with Gasteiger partial charge >= 0.3 is 0 Å². The fourth-order valence-electron chi connectivity index (χ4n) is 0.670. The van der Waals surface area contributed by atoms with Gasteiger partial charge in [-0.1, -0.05) is 0 Å². The Hall–Kier alpha value is -1.57. The van der Waals surface area contributed by atoms with Crippen LogP contribution in [0.4, 0.5) is 13.2 Å². The van der Waals surface area contributed by atoms with Gasteiger partial charge in [0.25, 0.3) is 6.43 Å². The van der Waals surface area contributed by atoms with Crippen molar-refractivity contribution in [1.82, 2.24) is 4.98 Å². The van der Waals surface area contributed by atoms with Crippen LogP contribution in [0.2, 0.25) is 0 Å². The molecule has 0 amide bonds. The van der Waals surface area contributed by atoms with E-state index in [1.165, 1.54) is 0 Å². The Kier molecular flexibility index (Phi) is 2.29. The van der Waals surface area contributed by atoms with Crippen LogP contribution in [-0.4, -0.2) is 4.98 Å². The molecule has 0 aliphatic rings. The van der Waals surface area contributed by atoms with E-state index in [0.29, 0.717) is 0 Å². The molecule has 0 unspecified atom stereocenters. The Bertz CT molecular complexity index is 330. The predicted molar refractivity (Wildman–Crippen MR) is 33.9 cm³/mol. The van der Waals surface area contributed by atoms with E-state index >= 15 is 0 Å². The average molecular weight is 172 g/mol. The van der Waals surface area contributed by atoms with Crippen LogP contribution in [-0.2, 0) is 0 Å². The third kappa shape index (κ3) is 1.53. The fraction of sp³-hybridized carbons (Fsp3) is 0.143. The molecule has 2 nitrogen and oxygen atoms in total. The molecule has 62 valence electrons. The van der Waals surface area contributed by atoms with Crippen molar-refractivity contribution in [1.29, 1.82) is 5.26 Å². The Balaban J connectivity index is 3.14. The zero-order chi connectivity index (χ0) is 9.14. The minimum Gasteiger partial charge on any atom is -0.251 e. The van der Waals surface area contributed by atoms with E-state index in [-0.39, 0.29) is 5.56 Å². The van der Waals surface area contributed by atoms with Crippen LogP contribution in [0.25, 0.3) is 0 Å². The lowest BCUT2D eigenvalue weighted by Crippen LogP contribution is -1.95. The van der Waals surface area contributed by atoms with Crippen LogP contribution in [0.5, 0.6) is 0 Å². The lowest BCUT2D eigenvalue weighted by Gasteiger charge is -1.98. The lowest BCUT2D eigenvalue weighted by molar-refractivity contribution is 0.140. The Morgan fingerprint density at radius 1 is 1.50 bits per heavy atom. The Labute approximate surface area is 66.3 Å². The van der Waals surface area contributed by atoms with Gasteiger partial charge in [-0.2, -0.15) is 5.26 Å². The highest BCUT2D eigenvalue weighted by Gasteiger charge is 2.14. The molecule has 0 radical (unpaired) electrons. The van der Waals surface area contributed by atoms with Crippen molar-refractivity contribution >= 4 is 0 Å². The van der Waals surface area contributed by atoms with Crippen molar-refractivity contribution in [3.63, 3.8) is 0 Å². The van der Waals surface area contributed by atoms with Crippen LogP contribution in [0.1, 0.15) is 17.7 Å². The van der Waals surface area contributed by atoms with Gasteiger partial charge in [0.2, 0.25) is 0 Å². The first-order valence-electron chi connectivity index (χ1n) is 2.99. The molecule has 0 atom stereocenters. The topological polar surface area (TPSA) is 36.7 Å². The molecule has 0 N–H and O–H groups in total. The van der Waals surface area contributed by atoms with Crippen LogP contribution in [0, 0.1) is 17.1 Å². The lowest BCUT2D eigenvalue weighted by atomic mass is 10.2. The predicted octanol–water partition coefficient (Wildman–Crippen LogP) is 2.03. The number of hydrogen-bond donors (Lipinski definition) is 0. The van der Waals surface area contributed by atoms with Crippen molar-refractivity contribution in [2.24, 2.45) is 0 Å². The summed E-state index contributed by atoms with van der Waals surface area (Å²) in [6, 6.07) is 2.32. The number of halogens is 3. The van der Waals surface area contributed by atoms with Crippen LogP contribution >= 0.6 is 0 Å². The highest BCUT2D eigenvalue weighted by Crippen LogP contribution is 2.19. The number of rotatable bonds is 1. The molecule has 0 saturated carbocycles. The number of aromatic nitrogens is 1. The van der Waals surface area contributed by atoms with E-state index in [1.54, 1.807) is 6.07 Å². The summed E-state index contributed by atoms with van der Waals surface area (Å²) >= 11 is 0. The van der Waals surface area contributed by atoms with Gasteiger partial charge in [-0.05, 0) is 6.07 Å². The second-order valence-electron chi connectivity index (χ2n) is 2.00. The fourth-order valence-corrected chi connectivity index (χ4v) is 0.670. The zero-order valence-electron chi connectivity index (χ0n) is 5.76. The van der Waals surface area contributed by atoms with Gasteiger partial charge in [0.05, 0.1) is 5.56 Å². The maximum Gasteiger partial charge on any atom is 0.283 e. The van der Waals surface area contributed by atoms with Gasteiger partial charge in [-0.15, -0.1) is 0 Å². The van der Waals surface area contributed by atoms with E-state index in [9.17, 15) is 13.2 Å². The molecule has 0 aliphatic heterocycles. The molecular formula is C7H3F3N2. The van der Waals surface area contributed by atoms with Crippen molar-refractivity contribution in [3.8, 4) is 6.07 Å². The van der Waals surface area contributed by atoms with E-state index in [0.717, 1.165) is 12.3 Å². The molecule has 5 heteroatoms. The Morgan fingerprint density at radius 2 is 2.17 bits per heavy atom. The van der Waals surface area contributed by atoms with Crippen molar-refractivity contribution < 1.29 is 13.2 Å². The summed E-state index contributed by atoms with van der Waals surface area (Å²) in [6.07, 6.45) is -2.04. The summed E-state index contributed by atoms with van der Waals surface area (Å²) in [5, 5.41) is 8.25. The largest absolute Gasteiger partial charge is 0.283 e. The molecule has 0 bridgehead atoms. The standard InChI is InChI=1S/C7H3F3N2/c8-5-1-4(2-11)3-12-6(5)7(9)10/h1,3,7H. The smallest absolute Gasteiger partial charge is 0.251 e. The maximum absolute atomic E-state index is 12.6. The number of hydrogen-bond acceptors (Lipinski definition) is 2. The molecule has 12 heavy (non-hydrogen) atoms. The molecule has 1 aromatic rings. The monoisotopic (exact) mass is 172 g/mol. The summed E-state index contributed by atoms with van der Waals surface area (Å²) in [7, 11) is 0. The number of alkyl halides is 2. The van der Waals surface area contributed by atoms with E-state index < -0.39 is 17.9 Å². The molecule has 0 aromatic carbocycles. The van der Waals surface area contributed by atoms with Gasteiger partial charge in [-0.25, -0.2) is 13.2 Å². The summed E-state index contributed by atoms with van der Waals surface area (Å²) in [4.78, 5) is 3.10. The Morgan fingerprint density at radius 3 is 2.58 bits per heavy atom. The molecular weight excluding hydrogens is 169 g/mol. The third-order valence-electron chi connectivity index (χ3n) is 1.21. The molecule has 1 rings (SSSR count). The minimum atomic E-state index is -2.95. The van der Waals surface area contributed by atoms with Crippen molar-refractivity contribution in [2.45, 2.75) is 6.43 Å². The van der Waals surface area contributed by atoms with Gasteiger partial charge < -0.3 is 0 Å². The van der Waals surface area contributed by atoms with Crippen molar-refractivity contribution in [2.75, 3.05) is 0 Å². The van der Waals surface area contributed by atoms with Crippen molar-refractivity contribution in [3.05, 3.63) is 29.3 Å². The quantitative estimate of drug-likeness (QED) is 0.649. The number of nitrogens with zero attached hydrogens (tertiary/aromatic N) is 2. The first-order chi connectivity index (χ1) is 5.65. The molecule has 0 spiro atoms. The van der Waals surface area contributed by atoms with E-state index in [4.69, 9.17) is 5.26 Å². The van der Waals surface area contributed by atoms with Gasteiger partial charge in [0.15, 0.2) is 5.82 Å². The molecule has 1 aromatic heterocycles. The minimum absolute atomic E-state index is 0.0723. The summed E-state index contributed by atoms with van der Waals surface area (Å²) < 4.78 is 36.4. The number of nitriles is 1. The highest BCUT2D eigenvalue weighted by atomic mass is 19.3. The zero-order valence-corrected chi connectivity index (χ0v) is 5.76. The summed E-state index contributed by atoms with van der Waals surface area (Å²) in [5.41, 5.74) is -0.995. The summed E-state index contributed by atoms with van der Waals surface area (Å²) in [6.45, 7) is 0. The molecule has 0 saturated heterocycles. The molecule has 1 heterocycles. The van der Waals surface area contributed by atoms with Crippen LogP contribution in [0.15, 0.2) is 12.3 Å². The average Bonchev–Trinajstić information content (AvgIpc) is 2.03. The second-order valence-corrected chi connectivity index (χ2v) is 2.00. The van der Waals surface area contributed by atoms with Crippen LogP contribution < -0.4 is 0 Å². The van der Waals surface area contributed by atoms with Crippen LogP contribution in [0.3, 0.4) is 0 Å². The normalized spacial score (nSPS) is 9.92. The van der Waals surface area contributed by atoms with Gasteiger partial charge in [-0.3, -0.25) is 4.98 Å². The summed E-state index contributed by atoms with van der Waals surface area (Å²) in [5.74, 6) is -1.15. The first kappa shape index (κ1) is 8.53. The number of pyridine rings is 1. The van der Waals surface area contributed by atoms with Gasteiger partial charge in [0.1, 0.15) is 11.8 Å².